The molecule has 3 saturated heterocycles. The van der Waals surface area contributed by atoms with Crippen LogP contribution >= 0.6 is 0 Å². The number of carbonyl (C=O) groups excluding carboxylic acids is 2. The molecule has 2 amide bonds. The van der Waals surface area contributed by atoms with E-state index in [1.54, 1.807) is 4.90 Å². The van der Waals surface area contributed by atoms with Gasteiger partial charge in [-0.3, -0.25) is 9.59 Å². The minimum absolute atomic E-state index is 0.0134. The molecular formula is C17H27N3O4. The van der Waals surface area contributed by atoms with Crippen molar-refractivity contribution < 1.29 is 19.4 Å². The molecule has 4 rings (SSSR count). The van der Waals surface area contributed by atoms with E-state index in [4.69, 9.17) is 4.74 Å². The molecule has 4 aliphatic rings. The SMILES string of the molecule is C[C@@H]1NC[C@H]2OC[C@H](CCC(=O)N3CCC4(CC4)[C@H](O)C3)N2C1=O. The molecule has 0 aromatic rings. The van der Waals surface area contributed by atoms with E-state index >= 15 is 0 Å². The molecular weight excluding hydrogens is 310 g/mol. The zero-order valence-corrected chi connectivity index (χ0v) is 14.2. The highest BCUT2D eigenvalue weighted by atomic mass is 16.5. The fourth-order valence-electron chi connectivity index (χ4n) is 4.34. The molecule has 4 atom stereocenters. The van der Waals surface area contributed by atoms with Gasteiger partial charge in [0.05, 0.1) is 24.8 Å². The van der Waals surface area contributed by atoms with E-state index in [-0.39, 0.29) is 41.6 Å². The first kappa shape index (κ1) is 16.3. The second-order valence-electron chi connectivity index (χ2n) is 7.82. The lowest BCUT2D eigenvalue weighted by atomic mass is 9.90. The third-order valence-corrected chi connectivity index (χ3v) is 6.32. The first-order valence-corrected chi connectivity index (χ1v) is 9.13. The Morgan fingerprint density at radius 1 is 1.42 bits per heavy atom. The number of hydrogen-bond donors (Lipinski definition) is 2. The van der Waals surface area contributed by atoms with E-state index in [0.717, 1.165) is 25.8 Å². The normalized spacial score (nSPS) is 37.7. The van der Waals surface area contributed by atoms with Gasteiger partial charge in [0, 0.05) is 26.1 Å². The topological polar surface area (TPSA) is 82.1 Å². The Morgan fingerprint density at radius 2 is 2.21 bits per heavy atom. The lowest BCUT2D eigenvalue weighted by Crippen LogP contribution is -2.59. The largest absolute Gasteiger partial charge is 0.391 e. The Bertz CT molecular complexity index is 536. The number of hydrogen-bond acceptors (Lipinski definition) is 5. The van der Waals surface area contributed by atoms with Crippen LogP contribution < -0.4 is 5.32 Å². The third-order valence-electron chi connectivity index (χ3n) is 6.32. The molecule has 24 heavy (non-hydrogen) atoms. The van der Waals surface area contributed by atoms with Gasteiger partial charge in [0.15, 0.2) is 0 Å². The van der Waals surface area contributed by atoms with Gasteiger partial charge >= 0.3 is 0 Å². The minimum Gasteiger partial charge on any atom is -0.391 e. The highest BCUT2D eigenvalue weighted by Gasteiger charge is 2.51. The van der Waals surface area contributed by atoms with Gasteiger partial charge in [-0.25, -0.2) is 0 Å². The quantitative estimate of drug-likeness (QED) is 0.738. The number of fused-ring (bicyclic) bond motifs is 1. The summed E-state index contributed by atoms with van der Waals surface area (Å²) in [7, 11) is 0. The molecule has 7 nitrogen and oxygen atoms in total. The number of aliphatic hydroxyl groups excluding tert-OH is 1. The smallest absolute Gasteiger partial charge is 0.241 e. The van der Waals surface area contributed by atoms with E-state index in [1.807, 2.05) is 11.8 Å². The average molecular weight is 337 g/mol. The maximum atomic E-state index is 12.5. The van der Waals surface area contributed by atoms with Gasteiger partial charge in [-0.2, -0.15) is 0 Å². The van der Waals surface area contributed by atoms with Crippen LogP contribution in [0.3, 0.4) is 0 Å². The Labute approximate surface area is 142 Å². The summed E-state index contributed by atoms with van der Waals surface area (Å²) in [5.74, 6) is 0.147. The van der Waals surface area contributed by atoms with Crippen LogP contribution in [-0.2, 0) is 14.3 Å². The fraction of sp³-hybridized carbons (Fsp3) is 0.882. The van der Waals surface area contributed by atoms with Crippen LogP contribution in [-0.4, -0.2) is 77.4 Å². The van der Waals surface area contributed by atoms with E-state index < -0.39 is 0 Å². The summed E-state index contributed by atoms with van der Waals surface area (Å²) in [5.41, 5.74) is 0.118. The predicted octanol–water partition coefficient (Wildman–Crippen LogP) is -0.315. The number of nitrogens with zero attached hydrogens (tertiary/aromatic N) is 2. The Balaban J connectivity index is 1.30. The summed E-state index contributed by atoms with van der Waals surface area (Å²) in [4.78, 5) is 28.4. The molecule has 1 spiro atoms. The average Bonchev–Trinajstić information content (AvgIpc) is 3.23. The second-order valence-corrected chi connectivity index (χ2v) is 7.82. The number of piperazine rings is 1. The maximum absolute atomic E-state index is 12.5. The van der Waals surface area contributed by atoms with Crippen LogP contribution in [0, 0.1) is 5.41 Å². The van der Waals surface area contributed by atoms with Crippen molar-refractivity contribution in [3.63, 3.8) is 0 Å². The summed E-state index contributed by atoms with van der Waals surface area (Å²) in [5, 5.41) is 13.4. The van der Waals surface area contributed by atoms with Crippen molar-refractivity contribution in [2.24, 2.45) is 5.41 Å². The molecule has 4 fully saturated rings. The summed E-state index contributed by atoms with van der Waals surface area (Å²) >= 11 is 0. The number of rotatable bonds is 3. The van der Waals surface area contributed by atoms with Crippen LogP contribution in [0.25, 0.3) is 0 Å². The number of likely N-dealkylation sites (tertiary alicyclic amines) is 1. The van der Waals surface area contributed by atoms with Crippen molar-refractivity contribution in [2.45, 2.75) is 63.4 Å². The molecule has 3 heterocycles. The number of nitrogens with one attached hydrogen (secondary N) is 1. The van der Waals surface area contributed by atoms with Crippen molar-refractivity contribution in [1.82, 2.24) is 15.1 Å². The number of β-amino-alcohol motifs (C(OH)–C–C–N with tert-alkyl or cyclic N) is 1. The molecule has 2 N–H and O–H groups in total. The predicted molar refractivity (Wildman–Crippen MR) is 85.9 cm³/mol. The van der Waals surface area contributed by atoms with Gasteiger partial charge in [-0.05, 0) is 38.0 Å². The molecule has 1 saturated carbocycles. The molecule has 0 aromatic heterocycles. The Kier molecular flexibility index (Phi) is 4.05. The number of carbonyl (C=O) groups is 2. The Hall–Kier alpha value is -1.18. The zero-order chi connectivity index (χ0) is 16.9. The first-order valence-electron chi connectivity index (χ1n) is 9.13. The van der Waals surface area contributed by atoms with E-state index in [2.05, 4.69) is 5.32 Å². The van der Waals surface area contributed by atoms with Crippen LogP contribution in [0.4, 0.5) is 0 Å². The lowest BCUT2D eigenvalue weighted by Gasteiger charge is -2.37. The molecule has 0 aromatic carbocycles. The molecule has 0 radical (unpaired) electrons. The van der Waals surface area contributed by atoms with E-state index in [1.165, 1.54) is 0 Å². The number of amides is 2. The highest BCUT2D eigenvalue weighted by Crippen LogP contribution is 2.53. The van der Waals surface area contributed by atoms with E-state index in [9.17, 15) is 14.7 Å². The molecule has 134 valence electrons. The summed E-state index contributed by atoms with van der Waals surface area (Å²) in [6, 6.07) is -0.200. The molecule has 1 aliphatic carbocycles. The van der Waals surface area contributed by atoms with Gasteiger partial charge in [0.25, 0.3) is 0 Å². The second kappa shape index (κ2) is 5.97. The monoisotopic (exact) mass is 337 g/mol. The third kappa shape index (κ3) is 2.72. The zero-order valence-electron chi connectivity index (χ0n) is 14.2. The summed E-state index contributed by atoms with van der Waals surface area (Å²) < 4.78 is 5.70. The van der Waals surface area contributed by atoms with Crippen LogP contribution in [0.15, 0.2) is 0 Å². The Morgan fingerprint density at radius 3 is 2.92 bits per heavy atom. The van der Waals surface area contributed by atoms with Gasteiger partial charge in [-0.15, -0.1) is 0 Å². The van der Waals surface area contributed by atoms with Crippen molar-refractivity contribution in [2.75, 3.05) is 26.2 Å². The number of aliphatic hydroxyl groups is 1. The van der Waals surface area contributed by atoms with Gasteiger partial charge in [0.2, 0.25) is 11.8 Å². The van der Waals surface area contributed by atoms with Gasteiger partial charge < -0.3 is 25.0 Å². The van der Waals surface area contributed by atoms with Gasteiger partial charge in [0.1, 0.15) is 6.23 Å². The van der Waals surface area contributed by atoms with Crippen molar-refractivity contribution >= 4 is 11.8 Å². The summed E-state index contributed by atoms with van der Waals surface area (Å²) in [6.45, 7) is 4.24. The maximum Gasteiger partial charge on any atom is 0.241 e. The van der Waals surface area contributed by atoms with Crippen molar-refractivity contribution in [1.29, 1.82) is 0 Å². The molecule has 0 unspecified atom stereocenters. The van der Waals surface area contributed by atoms with Gasteiger partial charge in [-0.1, -0.05) is 0 Å². The number of ether oxygens (including phenoxy) is 1. The van der Waals surface area contributed by atoms with Crippen molar-refractivity contribution in [3.8, 4) is 0 Å². The lowest BCUT2D eigenvalue weighted by molar-refractivity contribution is -0.145. The van der Waals surface area contributed by atoms with Crippen LogP contribution in [0.1, 0.15) is 39.0 Å². The minimum atomic E-state index is -0.370. The molecule has 0 bridgehead atoms. The first-order chi connectivity index (χ1) is 11.5. The van der Waals surface area contributed by atoms with Crippen LogP contribution in [0.5, 0.6) is 0 Å². The molecule has 3 aliphatic heterocycles. The fourth-order valence-corrected chi connectivity index (χ4v) is 4.34. The molecule has 7 heteroatoms. The van der Waals surface area contributed by atoms with Crippen LogP contribution in [0.2, 0.25) is 0 Å². The summed E-state index contributed by atoms with van der Waals surface area (Å²) in [6.07, 6.45) is 3.59. The standard InChI is InChI=1S/C17H27N3O4/c1-11-16(23)20-12(10-24-15(20)8-18-11)2-3-14(22)19-7-6-17(4-5-17)13(21)9-19/h11-13,15,18,21H,2-10H2,1H3/t11-,12-,13+,15+/m0/s1. The number of piperidine rings is 1. The van der Waals surface area contributed by atoms with E-state index in [0.29, 0.717) is 32.5 Å². The highest BCUT2D eigenvalue weighted by molar-refractivity contribution is 5.83. The van der Waals surface area contributed by atoms with Crippen molar-refractivity contribution in [3.05, 3.63) is 0 Å².